The molecule has 0 atom stereocenters. The Morgan fingerprint density at radius 2 is 2.18 bits per heavy atom. The van der Waals surface area contributed by atoms with Gasteiger partial charge in [-0.25, -0.2) is 0 Å². The number of rotatable bonds is 5. The number of alkyl halides is 1. The van der Waals surface area contributed by atoms with Crippen molar-refractivity contribution in [2.75, 3.05) is 6.61 Å². The molecule has 1 aromatic carbocycles. The van der Waals surface area contributed by atoms with Crippen molar-refractivity contribution in [3.05, 3.63) is 30.2 Å². The van der Waals surface area contributed by atoms with Gasteiger partial charge in [-0.15, -0.1) is 11.6 Å². The van der Waals surface area contributed by atoms with E-state index in [1.807, 2.05) is 24.3 Å². The van der Waals surface area contributed by atoms with Crippen molar-refractivity contribution in [2.24, 2.45) is 0 Å². The summed E-state index contributed by atoms with van der Waals surface area (Å²) in [7, 11) is 0. The Morgan fingerprint density at radius 3 is 2.88 bits per heavy atom. The quantitative estimate of drug-likeness (QED) is 0.767. The average Bonchev–Trinajstić information content (AvgIpc) is 2.85. The Labute approximate surface area is 105 Å². The molecular formula is C12H13ClN2O2. The Morgan fingerprint density at radius 1 is 1.35 bits per heavy atom. The smallest absolute Gasteiger partial charge is 0.241 e. The second-order valence-corrected chi connectivity index (χ2v) is 3.76. The number of ether oxygens (including phenoxy) is 1. The molecule has 17 heavy (non-hydrogen) atoms. The lowest BCUT2D eigenvalue weighted by Crippen LogP contribution is -1.97. The number of hydrogen-bond acceptors (Lipinski definition) is 4. The number of para-hydroxylation sites is 1. The fraction of sp³-hybridized carbons (Fsp3) is 0.333. The van der Waals surface area contributed by atoms with E-state index in [9.17, 15) is 0 Å². The first-order valence-electron chi connectivity index (χ1n) is 5.46. The van der Waals surface area contributed by atoms with E-state index in [1.165, 1.54) is 0 Å². The zero-order chi connectivity index (χ0) is 12.1. The van der Waals surface area contributed by atoms with Gasteiger partial charge in [0.1, 0.15) is 11.6 Å². The molecule has 0 bridgehead atoms. The van der Waals surface area contributed by atoms with Crippen LogP contribution in [0, 0.1) is 0 Å². The summed E-state index contributed by atoms with van der Waals surface area (Å²) in [6.07, 6.45) is 0.952. The first kappa shape index (κ1) is 11.9. The molecule has 1 aromatic heterocycles. The molecule has 0 spiro atoms. The number of halogens is 1. The average molecular weight is 253 g/mol. The number of nitrogens with zero attached hydrogens (tertiary/aromatic N) is 2. The van der Waals surface area contributed by atoms with Gasteiger partial charge < -0.3 is 9.26 Å². The molecule has 0 unspecified atom stereocenters. The van der Waals surface area contributed by atoms with Gasteiger partial charge in [0.2, 0.25) is 11.7 Å². The molecule has 2 aromatic rings. The molecule has 4 nitrogen and oxygen atoms in total. The SMILES string of the molecule is CCCOc1ccccc1-c1noc(CCl)n1. The van der Waals surface area contributed by atoms with E-state index in [-0.39, 0.29) is 5.88 Å². The number of aromatic nitrogens is 2. The lowest BCUT2D eigenvalue weighted by molar-refractivity contribution is 0.318. The van der Waals surface area contributed by atoms with Crippen molar-refractivity contribution < 1.29 is 9.26 Å². The summed E-state index contributed by atoms with van der Waals surface area (Å²) in [5, 5.41) is 3.88. The molecule has 0 aliphatic heterocycles. The van der Waals surface area contributed by atoms with Crippen molar-refractivity contribution in [3.8, 4) is 17.1 Å². The van der Waals surface area contributed by atoms with E-state index in [4.69, 9.17) is 20.9 Å². The summed E-state index contributed by atoms with van der Waals surface area (Å²) in [5.41, 5.74) is 0.820. The third kappa shape index (κ3) is 2.77. The lowest BCUT2D eigenvalue weighted by Gasteiger charge is -2.07. The number of benzene rings is 1. The van der Waals surface area contributed by atoms with Crippen molar-refractivity contribution >= 4 is 11.6 Å². The predicted octanol–water partition coefficient (Wildman–Crippen LogP) is 3.26. The molecule has 5 heteroatoms. The summed E-state index contributed by atoms with van der Waals surface area (Å²) in [6.45, 7) is 2.72. The Balaban J connectivity index is 2.30. The van der Waals surface area contributed by atoms with Crippen molar-refractivity contribution in [3.63, 3.8) is 0 Å². The molecule has 90 valence electrons. The lowest BCUT2D eigenvalue weighted by atomic mass is 10.2. The van der Waals surface area contributed by atoms with Crippen molar-refractivity contribution in [1.82, 2.24) is 10.1 Å². The summed E-state index contributed by atoms with van der Waals surface area (Å²) < 4.78 is 10.6. The first-order chi connectivity index (χ1) is 8.35. The second-order valence-electron chi connectivity index (χ2n) is 3.49. The second kappa shape index (κ2) is 5.68. The largest absolute Gasteiger partial charge is 0.493 e. The Kier molecular flexibility index (Phi) is 3.98. The summed E-state index contributed by atoms with van der Waals surface area (Å²) >= 11 is 5.62. The summed E-state index contributed by atoms with van der Waals surface area (Å²) in [5.74, 6) is 1.89. The topological polar surface area (TPSA) is 48.2 Å². The highest BCUT2D eigenvalue weighted by molar-refractivity contribution is 6.16. The van der Waals surface area contributed by atoms with E-state index < -0.39 is 0 Å². The van der Waals surface area contributed by atoms with Gasteiger partial charge in [0.05, 0.1) is 12.2 Å². The van der Waals surface area contributed by atoms with Crippen LogP contribution in [0.2, 0.25) is 0 Å². The van der Waals surface area contributed by atoms with E-state index in [2.05, 4.69) is 17.1 Å². The van der Waals surface area contributed by atoms with Crippen LogP contribution < -0.4 is 4.74 Å². The Bertz CT molecular complexity index is 485. The zero-order valence-corrected chi connectivity index (χ0v) is 10.3. The monoisotopic (exact) mass is 252 g/mol. The molecule has 0 fully saturated rings. The van der Waals surface area contributed by atoms with Gasteiger partial charge in [-0.2, -0.15) is 4.98 Å². The minimum Gasteiger partial charge on any atom is -0.493 e. The van der Waals surface area contributed by atoms with Gasteiger partial charge >= 0.3 is 0 Å². The highest BCUT2D eigenvalue weighted by Gasteiger charge is 2.12. The maximum absolute atomic E-state index is 5.63. The molecule has 0 saturated carbocycles. The zero-order valence-electron chi connectivity index (χ0n) is 9.52. The van der Waals surface area contributed by atoms with Crippen LogP contribution in [0.4, 0.5) is 0 Å². The van der Waals surface area contributed by atoms with Gasteiger partial charge in [0.15, 0.2) is 0 Å². The minimum atomic E-state index is 0.213. The molecular weight excluding hydrogens is 240 g/mol. The van der Waals surface area contributed by atoms with E-state index in [1.54, 1.807) is 0 Å². The van der Waals surface area contributed by atoms with Gasteiger partial charge in [0.25, 0.3) is 0 Å². The first-order valence-corrected chi connectivity index (χ1v) is 5.99. The van der Waals surface area contributed by atoms with Crippen molar-refractivity contribution in [1.29, 1.82) is 0 Å². The van der Waals surface area contributed by atoms with Gasteiger partial charge in [-0.1, -0.05) is 24.2 Å². The molecule has 0 saturated heterocycles. The van der Waals surface area contributed by atoms with Crippen LogP contribution in [-0.4, -0.2) is 16.7 Å². The molecule has 0 aliphatic rings. The third-order valence-corrected chi connectivity index (χ3v) is 2.40. The van der Waals surface area contributed by atoms with Crippen LogP contribution in [-0.2, 0) is 5.88 Å². The van der Waals surface area contributed by atoms with Crippen LogP contribution >= 0.6 is 11.6 Å². The fourth-order valence-electron chi connectivity index (χ4n) is 1.41. The van der Waals surface area contributed by atoms with Gasteiger partial charge in [-0.3, -0.25) is 0 Å². The van der Waals surface area contributed by atoms with Crippen molar-refractivity contribution in [2.45, 2.75) is 19.2 Å². The van der Waals surface area contributed by atoms with Crippen LogP contribution in [0.5, 0.6) is 5.75 Å². The van der Waals surface area contributed by atoms with Crippen LogP contribution in [0.25, 0.3) is 11.4 Å². The highest BCUT2D eigenvalue weighted by Crippen LogP contribution is 2.27. The molecule has 0 amide bonds. The van der Waals surface area contributed by atoms with E-state index in [0.717, 1.165) is 17.7 Å². The Hall–Kier alpha value is -1.55. The van der Waals surface area contributed by atoms with E-state index >= 15 is 0 Å². The van der Waals surface area contributed by atoms with Crippen LogP contribution in [0.15, 0.2) is 28.8 Å². The normalized spacial score (nSPS) is 10.5. The highest BCUT2D eigenvalue weighted by atomic mass is 35.5. The molecule has 2 rings (SSSR count). The standard InChI is InChI=1S/C12H13ClN2O2/c1-2-7-16-10-6-4-3-5-9(10)12-14-11(8-13)17-15-12/h3-6H,2,7-8H2,1H3. The molecule has 0 aliphatic carbocycles. The minimum absolute atomic E-state index is 0.213. The fourth-order valence-corrected chi connectivity index (χ4v) is 1.52. The van der Waals surface area contributed by atoms with Crippen LogP contribution in [0.1, 0.15) is 19.2 Å². The van der Waals surface area contributed by atoms with Crippen LogP contribution in [0.3, 0.4) is 0 Å². The molecule has 1 heterocycles. The molecule has 0 radical (unpaired) electrons. The maximum Gasteiger partial charge on any atom is 0.241 e. The van der Waals surface area contributed by atoms with E-state index in [0.29, 0.717) is 18.3 Å². The maximum atomic E-state index is 5.63. The molecule has 0 N–H and O–H groups in total. The van der Waals surface area contributed by atoms with Gasteiger partial charge in [0, 0.05) is 0 Å². The number of hydrogen-bond donors (Lipinski definition) is 0. The third-order valence-electron chi connectivity index (χ3n) is 2.17. The summed E-state index contributed by atoms with van der Waals surface area (Å²) in [4.78, 5) is 4.18. The summed E-state index contributed by atoms with van der Waals surface area (Å²) in [6, 6.07) is 7.61. The predicted molar refractivity (Wildman–Crippen MR) is 65.1 cm³/mol. The van der Waals surface area contributed by atoms with Gasteiger partial charge in [-0.05, 0) is 18.6 Å².